The number of nitrogens with zero attached hydrogens (tertiary/aromatic N) is 1. The van der Waals surface area contributed by atoms with Crippen LogP contribution < -0.4 is 0 Å². The molecule has 10 heteroatoms. The summed E-state index contributed by atoms with van der Waals surface area (Å²) < 4.78 is 23.5. The largest absolute Gasteiger partial charge is 0.461 e. The van der Waals surface area contributed by atoms with E-state index in [0.29, 0.717) is 39.3 Å². The second-order valence-corrected chi connectivity index (χ2v) is 20.9. The SMILES string of the molecule is CCCCC(=O)OC(CCC1CCCCC1)CSCCCCCN(CCCCCSCC(CCC1CCCCC1)OC(=O)CCC1CCCCC1)CCOCCOCCO. The van der Waals surface area contributed by atoms with Gasteiger partial charge in [-0.25, -0.2) is 0 Å². The lowest BCUT2D eigenvalue weighted by molar-refractivity contribution is -0.149. The van der Waals surface area contributed by atoms with Crippen LogP contribution in [-0.2, 0) is 28.5 Å². The van der Waals surface area contributed by atoms with Gasteiger partial charge >= 0.3 is 11.9 Å². The first-order valence-electron chi connectivity index (χ1n) is 25.6. The highest BCUT2D eigenvalue weighted by Gasteiger charge is 2.22. The van der Waals surface area contributed by atoms with Crippen LogP contribution in [0.15, 0.2) is 0 Å². The lowest BCUT2D eigenvalue weighted by atomic mass is 9.85. The molecule has 0 aromatic heterocycles. The number of carbonyl (C=O) groups excluding carboxylic acids is 2. The second-order valence-electron chi connectivity index (χ2n) is 18.6. The molecular formula is C50H93NO7S2. The van der Waals surface area contributed by atoms with Gasteiger partial charge in [0.05, 0.1) is 33.0 Å². The van der Waals surface area contributed by atoms with E-state index in [1.54, 1.807) is 0 Å². The molecule has 0 radical (unpaired) electrons. The Morgan fingerprint density at radius 1 is 0.550 bits per heavy atom. The predicted molar refractivity (Wildman–Crippen MR) is 254 cm³/mol. The van der Waals surface area contributed by atoms with Crippen LogP contribution in [0.3, 0.4) is 0 Å². The van der Waals surface area contributed by atoms with Crippen LogP contribution in [0.5, 0.6) is 0 Å². The molecule has 3 fully saturated rings. The van der Waals surface area contributed by atoms with Gasteiger partial charge in [0.25, 0.3) is 0 Å². The van der Waals surface area contributed by atoms with E-state index in [4.69, 9.17) is 24.1 Å². The van der Waals surface area contributed by atoms with Crippen molar-refractivity contribution in [1.82, 2.24) is 4.90 Å². The Hall–Kier alpha value is -0.520. The van der Waals surface area contributed by atoms with E-state index in [2.05, 4.69) is 11.8 Å². The first-order valence-corrected chi connectivity index (χ1v) is 27.9. The Morgan fingerprint density at radius 3 is 1.50 bits per heavy atom. The number of aliphatic hydroxyl groups excluding tert-OH is 1. The molecule has 2 atom stereocenters. The van der Waals surface area contributed by atoms with Gasteiger partial charge < -0.3 is 29.0 Å². The highest BCUT2D eigenvalue weighted by molar-refractivity contribution is 7.99. The Balaban J connectivity index is 1.33. The molecule has 0 saturated heterocycles. The van der Waals surface area contributed by atoms with Crippen molar-refractivity contribution in [1.29, 1.82) is 0 Å². The van der Waals surface area contributed by atoms with Crippen molar-refractivity contribution >= 4 is 35.5 Å². The fourth-order valence-corrected chi connectivity index (χ4v) is 11.7. The average molecular weight is 884 g/mol. The minimum absolute atomic E-state index is 0.00185. The molecule has 0 heterocycles. The van der Waals surface area contributed by atoms with Gasteiger partial charge in [0.2, 0.25) is 0 Å². The lowest BCUT2D eigenvalue weighted by Gasteiger charge is -2.25. The third-order valence-electron chi connectivity index (χ3n) is 13.3. The molecule has 3 rings (SSSR count). The van der Waals surface area contributed by atoms with Crippen molar-refractivity contribution in [3.63, 3.8) is 0 Å². The van der Waals surface area contributed by atoms with Crippen molar-refractivity contribution in [2.24, 2.45) is 17.8 Å². The molecule has 0 aromatic rings. The summed E-state index contributed by atoms with van der Waals surface area (Å²) in [7, 11) is 0. The number of rotatable bonds is 38. The highest BCUT2D eigenvalue weighted by atomic mass is 32.2. The number of ether oxygens (including phenoxy) is 4. The van der Waals surface area contributed by atoms with Crippen LogP contribution in [0.25, 0.3) is 0 Å². The summed E-state index contributed by atoms with van der Waals surface area (Å²) in [6.07, 6.45) is 36.2. The molecule has 8 nitrogen and oxygen atoms in total. The first-order chi connectivity index (χ1) is 29.6. The summed E-state index contributed by atoms with van der Waals surface area (Å²) in [6.45, 7) is 7.46. The molecular weight excluding hydrogens is 791 g/mol. The summed E-state index contributed by atoms with van der Waals surface area (Å²) >= 11 is 3.97. The van der Waals surface area contributed by atoms with E-state index in [0.717, 1.165) is 92.5 Å². The van der Waals surface area contributed by atoms with E-state index in [1.165, 1.54) is 148 Å². The standard InChI is InChI=1S/C50H93NO7S2/c1-2-3-25-49(53)57-47(29-26-44-19-9-4-10-20-44)42-59-40-17-7-15-32-51(34-36-55-38-39-56-37-35-52)33-16-8-18-41-60-43-48(30-27-45-21-11-5-12-22-45)58-50(54)31-28-46-23-13-6-14-24-46/h44-48,52H,2-43H2,1H3. The van der Waals surface area contributed by atoms with E-state index < -0.39 is 0 Å². The number of hydrogen-bond acceptors (Lipinski definition) is 10. The molecule has 0 aliphatic heterocycles. The fourth-order valence-electron chi connectivity index (χ4n) is 9.53. The van der Waals surface area contributed by atoms with Crippen LogP contribution in [0.1, 0.15) is 200 Å². The van der Waals surface area contributed by atoms with Gasteiger partial charge in [-0.1, -0.05) is 122 Å². The van der Waals surface area contributed by atoms with E-state index >= 15 is 0 Å². The third-order valence-corrected chi connectivity index (χ3v) is 15.7. The zero-order valence-electron chi connectivity index (χ0n) is 38.7. The van der Waals surface area contributed by atoms with Crippen LogP contribution in [-0.4, -0.2) is 110 Å². The van der Waals surface area contributed by atoms with Crippen molar-refractivity contribution in [3.8, 4) is 0 Å². The van der Waals surface area contributed by atoms with Crippen molar-refractivity contribution in [2.45, 2.75) is 212 Å². The summed E-state index contributed by atoms with van der Waals surface area (Å²) in [4.78, 5) is 28.0. The van der Waals surface area contributed by atoms with Crippen LogP contribution in [0.4, 0.5) is 0 Å². The minimum atomic E-state index is -0.00185. The number of hydrogen-bond donors (Lipinski definition) is 1. The van der Waals surface area contributed by atoms with E-state index in [-0.39, 0.29) is 30.8 Å². The number of thioether (sulfide) groups is 2. The quantitative estimate of drug-likeness (QED) is 0.0477. The summed E-state index contributed by atoms with van der Waals surface area (Å²) in [5.41, 5.74) is 0. The average Bonchev–Trinajstić information content (AvgIpc) is 3.28. The third kappa shape index (κ3) is 29.0. The number of carbonyl (C=O) groups is 2. The Labute approximate surface area is 377 Å². The van der Waals surface area contributed by atoms with Gasteiger partial charge in [-0.2, -0.15) is 23.5 Å². The zero-order chi connectivity index (χ0) is 42.6. The lowest BCUT2D eigenvalue weighted by Crippen LogP contribution is -2.30. The zero-order valence-corrected chi connectivity index (χ0v) is 40.4. The van der Waals surface area contributed by atoms with Gasteiger partial charge in [-0.3, -0.25) is 9.59 Å². The number of aliphatic hydroxyl groups is 1. The molecule has 2 unspecified atom stereocenters. The number of esters is 2. The summed E-state index contributed by atoms with van der Waals surface area (Å²) in [5.74, 6) is 6.55. The molecule has 352 valence electrons. The van der Waals surface area contributed by atoms with E-state index in [1.807, 2.05) is 23.5 Å². The molecule has 0 bridgehead atoms. The van der Waals surface area contributed by atoms with Gasteiger partial charge in [-0.05, 0) is 107 Å². The van der Waals surface area contributed by atoms with Crippen molar-refractivity contribution < 1.29 is 33.6 Å². The van der Waals surface area contributed by atoms with Gasteiger partial charge in [0.1, 0.15) is 12.2 Å². The van der Waals surface area contributed by atoms with Gasteiger partial charge in [0.15, 0.2) is 0 Å². The monoisotopic (exact) mass is 884 g/mol. The Morgan fingerprint density at radius 2 is 1.02 bits per heavy atom. The summed E-state index contributed by atoms with van der Waals surface area (Å²) in [6, 6.07) is 0. The van der Waals surface area contributed by atoms with E-state index in [9.17, 15) is 9.59 Å². The normalized spacial score (nSPS) is 18.2. The molecule has 1 N–H and O–H groups in total. The second kappa shape index (κ2) is 37.8. The molecule has 3 aliphatic rings. The van der Waals surface area contributed by atoms with Crippen LogP contribution >= 0.6 is 23.5 Å². The highest BCUT2D eigenvalue weighted by Crippen LogP contribution is 2.31. The van der Waals surface area contributed by atoms with Crippen LogP contribution in [0, 0.1) is 17.8 Å². The smallest absolute Gasteiger partial charge is 0.306 e. The summed E-state index contributed by atoms with van der Waals surface area (Å²) in [5, 5.41) is 8.96. The van der Waals surface area contributed by atoms with Crippen LogP contribution in [0.2, 0.25) is 0 Å². The first kappa shape index (κ1) is 53.8. The molecule has 0 amide bonds. The maximum Gasteiger partial charge on any atom is 0.306 e. The molecule has 0 spiro atoms. The molecule has 3 saturated carbocycles. The topological polar surface area (TPSA) is 94.5 Å². The van der Waals surface area contributed by atoms with Gasteiger partial charge in [0, 0.05) is 30.9 Å². The van der Waals surface area contributed by atoms with Crippen molar-refractivity contribution in [2.75, 3.05) is 75.7 Å². The molecule has 60 heavy (non-hydrogen) atoms. The molecule has 3 aliphatic carbocycles. The maximum absolute atomic E-state index is 13.0. The maximum atomic E-state index is 13.0. The minimum Gasteiger partial charge on any atom is -0.461 e. The fraction of sp³-hybridized carbons (Fsp3) is 0.960. The molecule has 0 aromatic carbocycles. The van der Waals surface area contributed by atoms with Crippen molar-refractivity contribution in [3.05, 3.63) is 0 Å². The number of unbranched alkanes of at least 4 members (excludes halogenated alkanes) is 5. The Kier molecular flexibility index (Phi) is 33.9. The van der Waals surface area contributed by atoms with Gasteiger partial charge in [-0.15, -0.1) is 0 Å². The Bertz CT molecular complexity index is 1010. The predicted octanol–water partition coefficient (Wildman–Crippen LogP) is 12.2.